The molecule has 0 aliphatic carbocycles. The molecule has 1 unspecified atom stereocenters. The van der Waals surface area contributed by atoms with Crippen LogP contribution < -0.4 is 11.1 Å². The van der Waals surface area contributed by atoms with Gasteiger partial charge in [-0.05, 0) is 41.3 Å². The zero-order valence-corrected chi connectivity index (χ0v) is 13.5. The molecule has 110 valence electrons. The van der Waals surface area contributed by atoms with Crippen molar-refractivity contribution in [2.75, 3.05) is 0 Å². The first-order chi connectivity index (χ1) is 10.0. The number of thiophene rings is 1. The number of amides is 1. The summed E-state index contributed by atoms with van der Waals surface area (Å²) in [4.78, 5) is 12.4. The molecule has 0 fully saturated rings. The van der Waals surface area contributed by atoms with Gasteiger partial charge in [-0.1, -0.05) is 36.5 Å². The molecule has 0 saturated carbocycles. The number of hydrogen-bond acceptors (Lipinski definition) is 3. The molecular formula is C16H18N2OS2. The Balaban J connectivity index is 1.84. The van der Waals surface area contributed by atoms with Gasteiger partial charge in [-0.15, -0.1) is 0 Å². The van der Waals surface area contributed by atoms with Gasteiger partial charge in [-0.3, -0.25) is 4.79 Å². The van der Waals surface area contributed by atoms with Gasteiger partial charge in [0.25, 0.3) is 0 Å². The Morgan fingerprint density at radius 1 is 1.29 bits per heavy atom. The predicted octanol–water partition coefficient (Wildman–Crippen LogP) is 2.67. The fourth-order valence-corrected chi connectivity index (χ4v) is 2.93. The van der Waals surface area contributed by atoms with Crippen LogP contribution in [0.15, 0.2) is 41.1 Å². The van der Waals surface area contributed by atoms with Crippen LogP contribution in [-0.2, 0) is 17.6 Å². The Kier molecular flexibility index (Phi) is 5.47. The van der Waals surface area contributed by atoms with Gasteiger partial charge in [0.05, 0.1) is 6.42 Å². The van der Waals surface area contributed by atoms with Crippen molar-refractivity contribution in [3.05, 3.63) is 57.8 Å². The molecule has 0 spiro atoms. The number of carbonyl (C=O) groups excluding carboxylic acids is 1. The molecular weight excluding hydrogens is 300 g/mol. The van der Waals surface area contributed by atoms with E-state index >= 15 is 0 Å². The van der Waals surface area contributed by atoms with Gasteiger partial charge in [-0.2, -0.15) is 11.3 Å². The minimum atomic E-state index is 0.0285. The molecule has 1 amide bonds. The highest BCUT2D eigenvalue weighted by atomic mass is 32.1. The zero-order chi connectivity index (χ0) is 15.2. The van der Waals surface area contributed by atoms with Crippen molar-refractivity contribution in [1.82, 2.24) is 5.32 Å². The second-order valence-corrected chi connectivity index (χ2v) is 6.26. The van der Waals surface area contributed by atoms with Crippen LogP contribution in [0.3, 0.4) is 0 Å². The first-order valence-electron chi connectivity index (χ1n) is 6.74. The van der Waals surface area contributed by atoms with Crippen LogP contribution in [0, 0.1) is 0 Å². The summed E-state index contributed by atoms with van der Waals surface area (Å²) in [7, 11) is 0. The van der Waals surface area contributed by atoms with Crippen molar-refractivity contribution < 1.29 is 4.79 Å². The summed E-state index contributed by atoms with van der Waals surface area (Å²) in [6, 6.07) is 9.68. The highest BCUT2D eigenvalue weighted by molar-refractivity contribution is 7.80. The minimum absolute atomic E-state index is 0.0285. The standard InChI is InChI=1S/C16H18N2OS2/c1-11(8-13-6-7-21-10-13)18-15(19)9-12-2-4-14(5-3-12)16(17)20/h2-7,10-11H,8-9H2,1H3,(H2,17,20)(H,18,19). The third-order valence-electron chi connectivity index (χ3n) is 3.13. The van der Waals surface area contributed by atoms with Crippen molar-refractivity contribution in [3.63, 3.8) is 0 Å². The largest absolute Gasteiger partial charge is 0.389 e. The molecule has 0 bridgehead atoms. The van der Waals surface area contributed by atoms with Gasteiger partial charge in [-0.25, -0.2) is 0 Å². The van der Waals surface area contributed by atoms with Crippen molar-refractivity contribution in [1.29, 1.82) is 0 Å². The van der Waals surface area contributed by atoms with E-state index in [1.165, 1.54) is 5.56 Å². The third kappa shape index (κ3) is 4.95. The van der Waals surface area contributed by atoms with Gasteiger partial charge < -0.3 is 11.1 Å². The first-order valence-corrected chi connectivity index (χ1v) is 8.09. The highest BCUT2D eigenvalue weighted by Gasteiger charge is 2.09. The third-order valence-corrected chi connectivity index (χ3v) is 4.10. The van der Waals surface area contributed by atoms with Crippen molar-refractivity contribution in [3.8, 4) is 0 Å². The SMILES string of the molecule is CC(Cc1ccsc1)NC(=O)Cc1ccc(C(N)=S)cc1. The monoisotopic (exact) mass is 318 g/mol. The van der Waals surface area contributed by atoms with E-state index in [1.807, 2.05) is 36.6 Å². The summed E-state index contributed by atoms with van der Waals surface area (Å²) < 4.78 is 0. The van der Waals surface area contributed by atoms with Crippen molar-refractivity contribution in [2.45, 2.75) is 25.8 Å². The molecule has 21 heavy (non-hydrogen) atoms. The van der Waals surface area contributed by atoms with Crippen LogP contribution in [0.4, 0.5) is 0 Å². The van der Waals surface area contributed by atoms with Crippen LogP contribution in [0.1, 0.15) is 23.6 Å². The van der Waals surface area contributed by atoms with Crippen LogP contribution in [-0.4, -0.2) is 16.9 Å². The number of nitrogens with two attached hydrogens (primary N) is 1. The van der Waals surface area contributed by atoms with E-state index in [1.54, 1.807) is 11.3 Å². The molecule has 2 aromatic rings. The topological polar surface area (TPSA) is 55.1 Å². The molecule has 0 radical (unpaired) electrons. The Morgan fingerprint density at radius 2 is 2.00 bits per heavy atom. The molecule has 1 aromatic carbocycles. The van der Waals surface area contributed by atoms with E-state index in [-0.39, 0.29) is 11.9 Å². The lowest BCUT2D eigenvalue weighted by molar-refractivity contribution is -0.121. The van der Waals surface area contributed by atoms with E-state index in [0.29, 0.717) is 11.4 Å². The summed E-state index contributed by atoms with van der Waals surface area (Å²) >= 11 is 6.58. The molecule has 5 heteroatoms. The maximum atomic E-state index is 12.0. The number of rotatable bonds is 6. The predicted molar refractivity (Wildman–Crippen MR) is 91.7 cm³/mol. The number of thiocarbonyl (C=S) groups is 1. The Bertz CT molecular complexity index is 606. The van der Waals surface area contributed by atoms with Gasteiger partial charge in [0.1, 0.15) is 4.99 Å². The number of nitrogens with one attached hydrogen (secondary N) is 1. The summed E-state index contributed by atoms with van der Waals surface area (Å²) in [6.07, 6.45) is 1.22. The fraction of sp³-hybridized carbons (Fsp3) is 0.250. The maximum Gasteiger partial charge on any atom is 0.224 e. The Labute approximate surface area is 134 Å². The molecule has 1 atom stereocenters. The molecule has 1 aromatic heterocycles. The summed E-state index contributed by atoms with van der Waals surface area (Å²) in [5.41, 5.74) is 8.58. The molecule has 3 N–H and O–H groups in total. The van der Waals surface area contributed by atoms with Gasteiger partial charge in [0, 0.05) is 11.6 Å². The molecule has 1 heterocycles. The quantitative estimate of drug-likeness (QED) is 0.805. The minimum Gasteiger partial charge on any atom is -0.389 e. The van der Waals surface area contributed by atoms with Crippen molar-refractivity contribution in [2.24, 2.45) is 5.73 Å². The fourth-order valence-electron chi connectivity index (χ4n) is 2.11. The molecule has 0 aliphatic rings. The molecule has 2 rings (SSSR count). The lowest BCUT2D eigenvalue weighted by Gasteiger charge is -2.13. The first kappa shape index (κ1) is 15.7. The van der Waals surface area contributed by atoms with E-state index < -0.39 is 0 Å². The van der Waals surface area contributed by atoms with Crippen LogP contribution in [0.25, 0.3) is 0 Å². The lowest BCUT2D eigenvalue weighted by Crippen LogP contribution is -2.35. The average Bonchev–Trinajstić information content (AvgIpc) is 2.91. The zero-order valence-electron chi connectivity index (χ0n) is 11.8. The normalized spacial score (nSPS) is 11.9. The molecule has 0 aliphatic heterocycles. The highest BCUT2D eigenvalue weighted by Crippen LogP contribution is 2.09. The maximum absolute atomic E-state index is 12.0. The number of hydrogen-bond donors (Lipinski definition) is 2. The molecule has 0 saturated heterocycles. The number of benzene rings is 1. The van der Waals surface area contributed by atoms with Crippen LogP contribution in [0.5, 0.6) is 0 Å². The van der Waals surface area contributed by atoms with Gasteiger partial charge >= 0.3 is 0 Å². The second-order valence-electron chi connectivity index (χ2n) is 5.04. The Morgan fingerprint density at radius 3 is 2.57 bits per heavy atom. The smallest absolute Gasteiger partial charge is 0.224 e. The van der Waals surface area contributed by atoms with Gasteiger partial charge in [0.15, 0.2) is 0 Å². The van der Waals surface area contributed by atoms with Gasteiger partial charge in [0.2, 0.25) is 5.91 Å². The molecule has 3 nitrogen and oxygen atoms in total. The van der Waals surface area contributed by atoms with E-state index in [0.717, 1.165) is 17.5 Å². The second kappa shape index (κ2) is 7.33. The average molecular weight is 318 g/mol. The van der Waals surface area contributed by atoms with E-state index in [9.17, 15) is 4.79 Å². The summed E-state index contributed by atoms with van der Waals surface area (Å²) in [5, 5.41) is 7.18. The van der Waals surface area contributed by atoms with Crippen molar-refractivity contribution >= 4 is 34.5 Å². The van der Waals surface area contributed by atoms with E-state index in [2.05, 4.69) is 16.8 Å². The lowest BCUT2D eigenvalue weighted by atomic mass is 10.1. The van der Waals surface area contributed by atoms with Crippen LogP contribution in [0.2, 0.25) is 0 Å². The summed E-state index contributed by atoms with van der Waals surface area (Å²) in [6.45, 7) is 2.02. The summed E-state index contributed by atoms with van der Waals surface area (Å²) in [5.74, 6) is 0.0285. The van der Waals surface area contributed by atoms with E-state index in [4.69, 9.17) is 18.0 Å². The Hall–Kier alpha value is -1.72. The number of carbonyl (C=O) groups is 1. The van der Waals surface area contributed by atoms with Crippen LogP contribution >= 0.6 is 23.6 Å².